The highest BCUT2D eigenvalue weighted by atomic mass is 19.4. The van der Waals surface area contributed by atoms with Gasteiger partial charge in [-0.15, -0.1) is 0 Å². The molecule has 0 aliphatic heterocycles. The van der Waals surface area contributed by atoms with Crippen molar-refractivity contribution < 1.29 is 27.8 Å². The molecular weight excluding hydrogens is 261 g/mol. The Balaban J connectivity index is 2.81. The van der Waals surface area contributed by atoms with Crippen LogP contribution in [0.1, 0.15) is 25.0 Å². The largest absolute Gasteiger partial charge is 0.466 e. The molecule has 0 aliphatic carbocycles. The summed E-state index contributed by atoms with van der Waals surface area (Å²) in [6.45, 7) is 1.30. The van der Waals surface area contributed by atoms with Gasteiger partial charge in [0.25, 0.3) is 0 Å². The van der Waals surface area contributed by atoms with Gasteiger partial charge in [0.2, 0.25) is 0 Å². The molecule has 19 heavy (non-hydrogen) atoms. The lowest BCUT2D eigenvalue weighted by Gasteiger charge is -2.21. The van der Waals surface area contributed by atoms with Gasteiger partial charge in [0.1, 0.15) is 0 Å². The number of aliphatic hydroxyl groups excluding tert-OH is 1. The molecule has 0 amide bonds. The summed E-state index contributed by atoms with van der Waals surface area (Å²) in [5.74, 6) is -3.67. The minimum absolute atomic E-state index is 0.132. The van der Waals surface area contributed by atoms with Gasteiger partial charge in [0.05, 0.1) is 12.7 Å². The van der Waals surface area contributed by atoms with Crippen molar-refractivity contribution in [2.45, 2.75) is 25.6 Å². The maximum atomic E-state index is 12.8. The van der Waals surface area contributed by atoms with Crippen molar-refractivity contribution in [3.05, 3.63) is 35.9 Å². The summed E-state index contributed by atoms with van der Waals surface area (Å²) in [7, 11) is 0. The minimum atomic E-state index is -4.73. The normalized spacial score (nSPS) is 14.8. The summed E-state index contributed by atoms with van der Waals surface area (Å²) >= 11 is 0. The zero-order valence-electron chi connectivity index (χ0n) is 10.4. The van der Waals surface area contributed by atoms with Gasteiger partial charge in [0.15, 0.2) is 5.92 Å². The van der Waals surface area contributed by atoms with E-state index in [2.05, 4.69) is 4.74 Å². The molecule has 3 nitrogen and oxygen atoms in total. The van der Waals surface area contributed by atoms with Crippen LogP contribution in [0, 0.1) is 5.92 Å². The number of rotatable bonds is 5. The topological polar surface area (TPSA) is 46.5 Å². The standard InChI is InChI=1S/C13H15F3O3/c1-2-19-12(18)10(13(14,15)16)8-11(17)9-6-4-3-5-7-9/h3-7,10-11,17H,2,8H2,1H3. The Kier molecular flexibility index (Phi) is 5.35. The molecule has 0 fully saturated rings. The van der Waals surface area contributed by atoms with E-state index < -0.39 is 30.6 Å². The molecule has 0 bridgehead atoms. The minimum Gasteiger partial charge on any atom is -0.466 e. The molecule has 0 saturated carbocycles. The lowest BCUT2D eigenvalue weighted by atomic mass is 9.96. The molecule has 1 aromatic carbocycles. The molecule has 0 aromatic heterocycles. The molecule has 6 heteroatoms. The predicted molar refractivity (Wildman–Crippen MR) is 62.2 cm³/mol. The van der Waals surface area contributed by atoms with Gasteiger partial charge in [-0.2, -0.15) is 13.2 Å². The summed E-state index contributed by atoms with van der Waals surface area (Å²) in [4.78, 5) is 11.3. The third kappa shape index (κ3) is 4.55. The SMILES string of the molecule is CCOC(=O)C(CC(O)c1ccccc1)C(F)(F)F. The van der Waals surface area contributed by atoms with E-state index in [1.54, 1.807) is 18.2 Å². The van der Waals surface area contributed by atoms with E-state index in [-0.39, 0.29) is 6.61 Å². The fourth-order valence-electron chi connectivity index (χ4n) is 1.64. The third-order valence-corrected chi connectivity index (χ3v) is 2.61. The molecule has 0 aliphatic rings. The van der Waals surface area contributed by atoms with Crippen molar-refractivity contribution in [2.24, 2.45) is 5.92 Å². The number of hydrogen-bond acceptors (Lipinski definition) is 3. The second kappa shape index (κ2) is 6.56. The summed E-state index contributed by atoms with van der Waals surface area (Å²) in [6, 6.07) is 7.90. The van der Waals surface area contributed by atoms with Crippen LogP contribution >= 0.6 is 0 Å². The lowest BCUT2D eigenvalue weighted by molar-refractivity contribution is -0.202. The van der Waals surface area contributed by atoms with E-state index in [9.17, 15) is 23.1 Å². The van der Waals surface area contributed by atoms with E-state index in [1.807, 2.05) is 0 Å². The van der Waals surface area contributed by atoms with E-state index >= 15 is 0 Å². The van der Waals surface area contributed by atoms with Crippen LogP contribution in [-0.2, 0) is 9.53 Å². The first-order valence-electron chi connectivity index (χ1n) is 5.82. The quantitative estimate of drug-likeness (QED) is 0.841. The number of ether oxygens (including phenoxy) is 1. The van der Waals surface area contributed by atoms with Gasteiger partial charge in [-0.3, -0.25) is 4.79 Å². The van der Waals surface area contributed by atoms with Crippen LogP contribution in [0.5, 0.6) is 0 Å². The van der Waals surface area contributed by atoms with Crippen molar-refractivity contribution in [1.82, 2.24) is 0 Å². The Bertz CT molecular complexity index is 403. The van der Waals surface area contributed by atoms with Crippen molar-refractivity contribution in [3.63, 3.8) is 0 Å². The fourth-order valence-corrected chi connectivity index (χ4v) is 1.64. The number of hydrogen-bond donors (Lipinski definition) is 1. The Morgan fingerprint density at radius 3 is 2.37 bits per heavy atom. The average molecular weight is 276 g/mol. The van der Waals surface area contributed by atoms with Crippen molar-refractivity contribution >= 4 is 5.97 Å². The van der Waals surface area contributed by atoms with E-state index in [0.717, 1.165) is 0 Å². The molecule has 0 saturated heterocycles. The Hall–Kier alpha value is -1.56. The van der Waals surface area contributed by atoms with Gasteiger partial charge in [0, 0.05) is 0 Å². The maximum Gasteiger partial charge on any atom is 0.402 e. The Labute approximate surface area is 109 Å². The van der Waals surface area contributed by atoms with E-state index in [1.165, 1.54) is 19.1 Å². The van der Waals surface area contributed by atoms with Gasteiger partial charge in [-0.05, 0) is 18.9 Å². The zero-order valence-corrected chi connectivity index (χ0v) is 10.4. The first kappa shape index (κ1) is 15.5. The van der Waals surface area contributed by atoms with Crippen LogP contribution in [0.2, 0.25) is 0 Å². The first-order valence-corrected chi connectivity index (χ1v) is 5.82. The monoisotopic (exact) mass is 276 g/mol. The van der Waals surface area contributed by atoms with Gasteiger partial charge in [-0.1, -0.05) is 30.3 Å². The number of esters is 1. The highest BCUT2D eigenvalue weighted by molar-refractivity contribution is 5.73. The first-order chi connectivity index (χ1) is 8.86. The van der Waals surface area contributed by atoms with Gasteiger partial charge >= 0.3 is 12.1 Å². The second-order valence-electron chi connectivity index (χ2n) is 4.01. The molecule has 0 radical (unpaired) electrons. The van der Waals surface area contributed by atoms with Crippen LogP contribution in [0.3, 0.4) is 0 Å². The molecule has 0 heterocycles. The van der Waals surface area contributed by atoms with Crippen molar-refractivity contribution in [3.8, 4) is 0 Å². The van der Waals surface area contributed by atoms with Gasteiger partial charge in [-0.25, -0.2) is 0 Å². The molecule has 2 atom stereocenters. The molecular formula is C13H15F3O3. The Morgan fingerprint density at radius 1 is 1.32 bits per heavy atom. The number of carbonyl (C=O) groups excluding carboxylic acids is 1. The second-order valence-corrected chi connectivity index (χ2v) is 4.01. The van der Waals surface area contributed by atoms with Crippen LogP contribution in [0.4, 0.5) is 13.2 Å². The summed E-state index contributed by atoms with van der Waals surface area (Å²) in [6.07, 6.45) is -6.84. The summed E-state index contributed by atoms with van der Waals surface area (Å²) < 4.78 is 42.7. The van der Waals surface area contributed by atoms with E-state index in [0.29, 0.717) is 5.56 Å². The zero-order chi connectivity index (χ0) is 14.5. The average Bonchev–Trinajstić information content (AvgIpc) is 2.35. The molecule has 1 rings (SSSR count). The molecule has 0 spiro atoms. The highest BCUT2D eigenvalue weighted by Gasteiger charge is 2.46. The van der Waals surface area contributed by atoms with Crippen molar-refractivity contribution in [1.29, 1.82) is 0 Å². The van der Waals surface area contributed by atoms with Crippen LogP contribution in [-0.4, -0.2) is 23.9 Å². The van der Waals surface area contributed by atoms with Crippen LogP contribution < -0.4 is 0 Å². The lowest BCUT2D eigenvalue weighted by Crippen LogP contribution is -2.33. The molecule has 106 valence electrons. The van der Waals surface area contributed by atoms with Crippen LogP contribution in [0.25, 0.3) is 0 Å². The number of aliphatic hydroxyl groups is 1. The molecule has 2 unspecified atom stereocenters. The van der Waals surface area contributed by atoms with Crippen LogP contribution in [0.15, 0.2) is 30.3 Å². The van der Waals surface area contributed by atoms with Gasteiger partial charge < -0.3 is 9.84 Å². The number of benzene rings is 1. The van der Waals surface area contributed by atoms with E-state index in [4.69, 9.17) is 0 Å². The molecule has 1 aromatic rings. The fraction of sp³-hybridized carbons (Fsp3) is 0.462. The Morgan fingerprint density at radius 2 is 1.89 bits per heavy atom. The smallest absolute Gasteiger partial charge is 0.402 e. The number of carbonyl (C=O) groups is 1. The number of halogens is 3. The maximum absolute atomic E-state index is 12.8. The summed E-state index contributed by atoms with van der Waals surface area (Å²) in [5, 5.41) is 9.76. The van der Waals surface area contributed by atoms with Crippen molar-refractivity contribution in [2.75, 3.05) is 6.61 Å². The predicted octanol–water partition coefficient (Wildman–Crippen LogP) is 2.85. The molecule has 1 N–H and O–H groups in total. The number of alkyl halides is 3. The third-order valence-electron chi connectivity index (χ3n) is 2.61. The summed E-state index contributed by atoms with van der Waals surface area (Å²) in [5.41, 5.74) is 0.334. The highest BCUT2D eigenvalue weighted by Crippen LogP contribution is 2.34.